The fourth-order valence-corrected chi connectivity index (χ4v) is 5.34. The van der Waals surface area contributed by atoms with Gasteiger partial charge in [0.05, 0.1) is 0 Å². The Labute approximate surface area is 113 Å². The van der Waals surface area contributed by atoms with Crippen molar-refractivity contribution in [1.82, 2.24) is 9.97 Å². The van der Waals surface area contributed by atoms with Crippen LogP contribution in [0.15, 0.2) is 10.9 Å². The summed E-state index contributed by atoms with van der Waals surface area (Å²) in [7, 11) is 0. The van der Waals surface area contributed by atoms with Crippen LogP contribution in [0.2, 0.25) is 0 Å². The van der Waals surface area contributed by atoms with E-state index in [0.29, 0.717) is 0 Å². The van der Waals surface area contributed by atoms with E-state index in [4.69, 9.17) is 4.98 Å². The van der Waals surface area contributed by atoms with Crippen molar-refractivity contribution in [2.24, 2.45) is 17.8 Å². The fourth-order valence-electron chi connectivity index (χ4n) is 5.34. The zero-order valence-electron chi connectivity index (χ0n) is 11.6. The lowest BCUT2D eigenvalue weighted by atomic mass is 9.49. The Morgan fingerprint density at radius 2 is 1.79 bits per heavy atom. The average Bonchev–Trinajstić information content (AvgIpc) is 2.36. The molecule has 0 atom stereocenters. The number of rotatable bonds is 2. The molecular formula is C16H22N2O. The highest BCUT2D eigenvalue weighted by atomic mass is 16.1. The van der Waals surface area contributed by atoms with E-state index in [9.17, 15) is 4.79 Å². The lowest BCUT2D eigenvalue weighted by Gasteiger charge is -2.56. The zero-order chi connectivity index (χ0) is 13.0. The Morgan fingerprint density at radius 1 is 1.21 bits per heavy atom. The standard InChI is InChI=1S/C16H22N2O/c1-2-13-6-14(19)18-15(17-13)16-7-10-3-11(8-16)5-12(4-10)9-16/h6,10-12H,2-5,7-9H2,1H3,(H,17,18,19). The van der Waals surface area contributed by atoms with E-state index in [1.807, 2.05) is 0 Å². The molecule has 1 heterocycles. The highest BCUT2D eigenvalue weighted by molar-refractivity contribution is 5.18. The molecule has 1 aromatic rings. The van der Waals surface area contributed by atoms with Gasteiger partial charge in [-0.15, -0.1) is 0 Å². The van der Waals surface area contributed by atoms with E-state index >= 15 is 0 Å². The van der Waals surface area contributed by atoms with Crippen LogP contribution in [0.1, 0.15) is 57.0 Å². The van der Waals surface area contributed by atoms with Gasteiger partial charge in [-0.05, 0) is 62.7 Å². The van der Waals surface area contributed by atoms with Gasteiger partial charge in [0, 0.05) is 17.2 Å². The van der Waals surface area contributed by atoms with Crippen LogP contribution in [0, 0.1) is 17.8 Å². The quantitative estimate of drug-likeness (QED) is 0.886. The molecule has 1 N–H and O–H groups in total. The van der Waals surface area contributed by atoms with Crippen LogP contribution in [-0.2, 0) is 11.8 Å². The van der Waals surface area contributed by atoms with Gasteiger partial charge in [-0.2, -0.15) is 0 Å². The molecule has 0 saturated heterocycles. The topological polar surface area (TPSA) is 45.8 Å². The van der Waals surface area contributed by atoms with Gasteiger partial charge in [0.15, 0.2) is 0 Å². The predicted octanol–water partition coefficient (Wildman–Crippen LogP) is 2.80. The van der Waals surface area contributed by atoms with Crippen LogP contribution < -0.4 is 5.56 Å². The number of nitrogens with zero attached hydrogens (tertiary/aromatic N) is 1. The summed E-state index contributed by atoms with van der Waals surface area (Å²) in [4.78, 5) is 19.7. The molecule has 0 amide bonds. The van der Waals surface area contributed by atoms with Crippen molar-refractivity contribution in [1.29, 1.82) is 0 Å². The van der Waals surface area contributed by atoms with Crippen LogP contribution in [-0.4, -0.2) is 9.97 Å². The molecule has 0 spiro atoms. The van der Waals surface area contributed by atoms with E-state index in [2.05, 4.69) is 11.9 Å². The van der Waals surface area contributed by atoms with Crippen LogP contribution in [0.5, 0.6) is 0 Å². The number of nitrogens with one attached hydrogen (secondary N) is 1. The van der Waals surface area contributed by atoms with Crippen molar-refractivity contribution in [3.8, 4) is 0 Å². The molecule has 1 aromatic heterocycles. The normalized spacial score (nSPS) is 39.7. The number of hydrogen-bond acceptors (Lipinski definition) is 2. The Balaban J connectivity index is 1.79. The summed E-state index contributed by atoms with van der Waals surface area (Å²) >= 11 is 0. The minimum atomic E-state index is 0.0394. The first-order chi connectivity index (χ1) is 9.17. The van der Waals surface area contributed by atoms with Gasteiger partial charge in [0.25, 0.3) is 5.56 Å². The molecule has 4 fully saturated rings. The van der Waals surface area contributed by atoms with E-state index < -0.39 is 0 Å². The zero-order valence-corrected chi connectivity index (χ0v) is 11.6. The SMILES string of the molecule is CCc1cc(=O)[nH]c(C23CC4CC(CC(C4)C2)C3)n1. The number of aromatic amines is 1. The summed E-state index contributed by atoms with van der Waals surface area (Å²) < 4.78 is 0. The summed E-state index contributed by atoms with van der Waals surface area (Å²) in [6.07, 6.45) is 8.91. The predicted molar refractivity (Wildman–Crippen MR) is 74.1 cm³/mol. The summed E-state index contributed by atoms with van der Waals surface area (Å²) in [6, 6.07) is 1.66. The second kappa shape index (κ2) is 3.94. The third-order valence-electron chi connectivity index (χ3n) is 5.70. The molecule has 5 rings (SSSR count). The summed E-state index contributed by atoms with van der Waals surface area (Å²) in [5.41, 5.74) is 1.20. The van der Waals surface area contributed by atoms with E-state index in [1.165, 1.54) is 38.5 Å². The van der Waals surface area contributed by atoms with E-state index in [0.717, 1.165) is 35.7 Å². The number of aryl methyl sites for hydroxylation is 1. The lowest BCUT2D eigenvalue weighted by molar-refractivity contribution is -0.00960. The smallest absolute Gasteiger partial charge is 0.251 e. The van der Waals surface area contributed by atoms with Crippen LogP contribution in [0.4, 0.5) is 0 Å². The van der Waals surface area contributed by atoms with Crippen molar-refractivity contribution in [3.05, 3.63) is 27.9 Å². The van der Waals surface area contributed by atoms with Gasteiger partial charge in [-0.1, -0.05) is 6.92 Å². The molecule has 19 heavy (non-hydrogen) atoms. The van der Waals surface area contributed by atoms with Gasteiger partial charge in [0.1, 0.15) is 5.82 Å². The van der Waals surface area contributed by atoms with Gasteiger partial charge in [-0.25, -0.2) is 4.98 Å². The Hall–Kier alpha value is -1.12. The molecular weight excluding hydrogens is 236 g/mol. The highest BCUT2D eigenvalue weighted by Gasteiger charge is 2.52. The minimum Gasteiger partial charge on any atom is -0.310 e. The summed E-state index contributed by atoms with van der Waals surface area (Å²) in [6.45, 7) is 2.07. The molecule has 4 aliphatic carbocycles. The third kappa shape index (κ3) is 1.78. The van der Waals surface area contributed by atoms with Crippen molar-refractivity contribution in [3.63, 3.8) is 0 Å². The Bertz CT molecular complexity index is 525. The molecule has 0 radical (unpaired) electrons. The van der Waals surface area contributed by atoms with Crippen molar-refractivity contribution >= 4 is 0 Å². The van der Waals surface area contributed by atoms with Crippen molar-refractivity contribution in [2.75, 3.05) is 0 Å². The Kier molecular flexibility index (Phi) is 2.42. The van der Waals surface area contributed by atoms with Gasteiger partial charge < -0.3 is 4.98 Å². The fraction of sp³-hybridized carbons (Fsp3) is 0.750. The molecule has 4 saturated carbocycles. The van der Waals surface area contributed by atoms with Crippen molar-refractivity contribution < 1.29 is 0 Å². The molecule has 3 nitrogen and oxygen atoms in total. The first-order valence-electron chi connectivity index (χ1n) is 7.77. The summed E-state index contributed by atoms with van der Waals surface area (Å²) in [5.74, 6) is 3.68. The van der Waals surface area contributed by atoms with Gasteiger partial charge in [0.2, 0.25) is 0 Å². The molecule has 4 bridgehead atoms. The first kappa shape index (κ1) is 11.7. The van der Waals surface area contributed by atoms with E-state index in [1.54, 1.807) is 6.07 Å². The van der Waals surface area contributed by atoms with Gasteiger partial charge >= 0.3 is 0 Å². The maximum absolute atomic E-state index is 11.9. The first-order valence-corrected chi connectivity index (χ1v) is 7.77. The van der Waals surface area contributed by atoms with Crippen LogP contribution in [0.3, 0.4) is 0 Å². The van der Waals surface area contributed by atoms with Crippen LogP contribution in [0.25, 0.3) is 0 Å². The second-order valence-corrected chi connectivity index (χ2v) is 7.14. The number of H-pyrrole nitrogens is 1. The third-order valence-corrected chi connectivity index (χ3v) is 5.70. The largest absolute Gasteiger partial charge is 0.310 e. The minimum absolute atomic E-state index is 0.0394. The average molecular weight is 258 g/mol. The molecule has 0 unspecified atom stereocenters. The molecule has 4 aliphatic rings. The summed E-state index contributed by atoms with van der Waals surface area (Å²) in [5, 5.41) is 0. The lowest BCUT2D eigenvalue weighted by Crippen LogP contribution is -2.49. The number of aromatic nitrogens is 2. The number of hydrogen-bond donors (Lipinski definition) is 1. The van der Waals surface area contributed by atoms with Crippen LogP contribution >= 0.6 is 0 Å². The molecule has 3 heteroatoms. The maximum Gasteiger partial charge on any atom is 0.251 e. The second-order valence-electron chi connectivity index (χ2n) is 7.14. The molecule has 0 aliphatic heterocycles. The van der Waals surface area contributed by atoms with Crippen molar-refractivity contribution in [2.45, 2.75) is 57.3 Å². The monoisotopic (exact) mass is 258 g/mol. The molecule has 0 aromatic carbocycles. The molecule has 102 valence electrons. The Morgan fingerprint density at radius 3 is 2.32 bits per heavy atom. The van der Waals surface area contributed by atoms with Gasteiger partial charge in [-0.3, -0.25) is 4.79 Å². The van der Waals surface area contributed by atoms with E-state index in [-0.39, 0.29) is 11.0 Å². The highest BCUT2D eigenvalue weighted by Crippen LogP contribution is 2.59. The maximum atomic E-state index is 11.9.